The monoisotopic (exact) mass is 280 g/mol. The second kappa shape index (κ2) is 5.40. The molecule has 102 valence electrons. The van der Waals surface area contributed by atoms with Crippen molar-refractivity contribution in [1.82, 2.24) is 15.2 Å². The van der Waals surface area contributed by atoms with Gasteiger partial charge in [-0.15, -0.1) is 0 Å². The highest BCUT2D eigenvalue weighted by Crippen LogP contribution is 2.21. The molecule has 0 saturated heterocycles. The maximum Gasteiger partial charge on any atom is 0.264 e. The predicted molar refractivity (Wildman–Crippen MR) is 72.3 cm³/mol. The van der Waals surface area contributed by atoms with Crippen LogP contribution in [0.3, 0.4) is 0 Å². The quantitative estimate of drug-likeness (QED) is 0.878. The molecule has 0 bridgehead atoms. The molecule has 2 rings (SSSR count). The van der Waals surface area contributed by atoms with Gasteiger partial charge < -0.3 is 0 Å². The molecule has 1 heterocycles. The Morgan fingerprint density at radius 2 is 2.00 bits per heavy atom. The van der Waals surface area contributed by atoms with Gasteiger partial charge in [0.25, 0.3) is 10.0 Å². The van der Waals surface area contributed by atoms with Crippen LogP contribution in [0.5, 0.6) is 0 Å². The first-order valence-corrected chi connectivity index (χ1v) is 7.49. The van der Waals surface area contributed by atoms with Gasteiger partial charge in [0.15, 0.2) is 0 Å². The molecule has 0 aliphatic rings. The summed E-state index contributed by atoms with van der Waals surface area (Å²) in [6, 6.07) is 6.87. The van der Waals surface area contributed by atoms with Gasteiger partial charge in [0.2, 0.25) is 5.95 Å². The van der Waals surface area contributed by atoms with Crippen LogP contribution in [-0.4, -0.2) is 23.6 Å². The fourth-order valence-electron chi connectivity index (χ4n) is 1.65. The summed E-state index contributed by atoms with van der Waals surface area (Å²) in [4.78, 5) is 3.93. The maximum absolute atomic E-state index is 12.1. The lowest BCUT2D eigenvalue weighted by Crippen LogP contribution is -2.14. The van der Waals surface area contributed by atoms with Gasteiger partial charge in [0.1, 0.15) is 6.33 Å². The molecule has 6 nitrogen and oxygen atoms in total. The van der Waals surface area contributed by atoms with Crippen molar-refractivity contribution >= 4 is 16.0 Å². The van der Waals surface area contributed by atoms with E-state index in [-0.39, 0.29) is 10.8 Å². The van der Waals surface area contributed by atoms with Crippen LogP contribution >= 0.6 is 0 Å². The number of nitrogens with one attached hydrogen (secondary N) is 2. The fraction of sp³-hybridized carbons (Fsp3) is 0.333. The van der Waals surface area contributed by atoms with E-state index in [4.69, 9.17) is 0 Å². The third-order valence-corrected chi connectivity index (χ3v) is 4.37. The Bertz CT molecular complexity index is 620. The van der Waals surface area contributed by atoms with Crippen LogP contribution in [-0.2, 0) is 10.0 Å². The van der Waals surface area contributed by atoms with Crippen LogP contribution < -0.4 is 4.72 Å². The zero-order valence-corrected chi connectivity index (χ0v) is 11.6. The van der Waals surface area contributed by atoms with Crippen LogP contribution in [0, 0.1) is 0 Å². The van der Waals surface area contributed by atoms with Gasteiger partial charge in [-0.05, 0) is 30.0 Å². The first kappa shape index (κ1) is 13.5. The summed E-state index contributed by atoms with van der Waals surface area (Å²) in [6.07, 6.45) is 2.26. The molecule has 0 aliphatic carbocycles. The average Bonchev–Trinajstić information content (AvgIpc) is 2.90. The number of benzene rings is 1. The summed E-state index contributed by atoms with van der Waals surface area (Å²) in [5, 5.41) is 6.04. The molecule has 7 heteroatoms. The Hall–Kier alpha value is -1.89. The van der Waals surface area contributed by atoms with Gasteiger partial charge in [-0.3, -0.25) is 0 Å². The SMILES string of the molecule is CC[C@H](C)c1ccc(S(=O)(=O)Nc2ncn[nH]2)cc1. The highest BCUT2D eigenvalue weighted by molar-refractivity contribution is 7.92. The van der Waals surface area contributed by atoms with Gasteiger partial charge >= 0.3 is 0 Å². The maximum atomic E-state index is 12.1. The Kier molecular flexibility index (Phi) is 3.84. The molecule has 0 unspecified atom stereocenters. The predicted octanol–water partition coefficient (Wildman–Crippen LogP) is 2.12. The van der Waals surface area contributed by atoms with E-state index in [1.54, 1.807) is 12.1 Å². The van der Waals surface area contributed by atoms with E-state index >= 15 is 0 Å². The molecule has 1 aromatic carbocycles. The first-order chi connectivity index (χ1) is 9.03. The lowest BCUT2D eigenvalue weighted by atomic mass is 9.99. The lowest BCUT2D eigenvalue weighted by Gasteiger charge is -2.10. The minimum absolute atomic E-state index is 0.103. The summed E-state index contributed by atoms with van der Waals surface area (Å²) in [5.74, 6) is 0.519. The lowest BCUT2D eigenvalue weighted by molar-refractivity contribution is 0.600. The Morgan fingerprint density at radius 1 is 1.32 bits per heavy atom. The number of H-pyrrole nitrogens is 1. The van der Waals surface area contributed by atoms with Crippen molar-refractivity contribution in [3.63, 3.8) is 0 Å². The Labute approximate surface area is 112 Å². The molecule has 19 heavy (non-hydrogen) atoms. The van der Waals surface area contributed by atoms with Gasteiger partial charge in [-0.1, -0.05) is 26.0 Å². The Morgan fingerprint density at radius 3 is 2.53 bits per heavy atom. The van der Waals surface area contributed by atoms with Crippen molar-refractivity contribution in [2.24, 2.45) is 0 Å². The number of rotatable bonds is 5. The number of aromatic amines is 1. The second-order valence-corrected chi connectivity index (χ2v) is 6.00. The molecule has 0 saturated carbocycles. The molecular formula is C12H16N4O2S. The smallest absolute Gasteiger partial charge is 0.248 e. The largest absolute Gasteiger partial charge is 0.264 e. The normalized spacial score (nSPS) is 13.2. The van der Waals surface area contributed by atoms with Gasteiger partial charge in [-0.25, -0.2) is 18.2 Å². The van der Waals surface area contributed by atoms with E-state index in [0.29, 0.717) is 5.92 Å². The van der Waals surface area contributed by atoms with Crippen LogP contribution in [0.2, 0.25) is 0 Å². The van der Waals surface area contributed by atoms with E-state index in [1.165, 1.54) is 6.33 Å². The van der Waals surface area contributed by atoms with Crippen LogP contribution in [0.4, 0.5) is 5.95 Å². The van der Waals surface area contributed by atoms with Gasteiger partial charge in [-0.2, -0.15) is 10.1 Å². The minimum Gasteiger partial charge on any atom is -0.248 e. The number of nitrogens with zero attached hydrogens (tertiary/aromatic N) is 2. The average molecular weight is 280 g/mol. The molecule has 2 N–H and O–H groups in total. The van der Waals surface area contributed by atoms with Crippen molar-refractivity contribution in [1.29, 1.82) is 0 Å². The molecular weight excluding hydrogens is 264 g/mol. The molecule has 0 aliphatic heterocycles. The van der Waals surface area contributed by atoms with E-state index in [1.807, 2.05) is 12.1 Å². The molecule has 0 fully saturated rings. The first-order valence-electron chi connectivity index (χ1n) is 6.01. The van der Waals surface area contributed by atoms with Crippen molar-refractivity contribution in [3.05, 3.63) is 36.2 Å². The number of hydrogen-bond acceptors (Lipinski definition) is 4. The van der Waals surface area contributed by atoms with Crippen LogP contribution in [0.15, 0.2) is 35.5 Å². The standard InChI is InChI=1S/C12H16N4O2S/c1-3-9(2)10-4-6-11(7-5-10)19(17,18)16-12-13-8-14-15-12/h4-9H,3H2,1-2H3,(H2,13,14,15,16)/t9-/m0/s1. The molecule has 1 atom stereocenters. The number of sulfonamides is 1. The summed E-state index contributed by atoms with van der Waals surface area (Å²) in [5.41, 5.74) is 1.13. The van der Waals surface area contributed by atoms with Crippen molar-refractivity contribution < 1.29 is 8.42 Å². The third-order valence-electron chi connectivity index (χ3n) is 3.02. The summed E-state index contributed by atoms with van der Waals surface area (Å²) >= 11 is 0. The summed E-state index contributed by atoms with van der Waals surface area (Å²) in [7, 11) is -3.62. The molecule has 0 spiro atoms. The molecule has 2 aromatic rings. The van der Waals surface area contributed by atoms with Crippen LogP contribution in [0.1, 0.15) is 31.7 Å². The molecule has 1 aromatic heterocycles. The van der Waals surface area contributed by atoms with E-state index in [9.17, 15) is 8.42 Å². The van der Waals surface area contributed by atoms with Crippen molar-refractivity contribution in [2.45, 2.75) is 31.1 Å². The third kappa shape index (κ3) is 3.11. The number of aromatic nitrogens is 3. The van der Waals surface area contributed by atoms with Gasteiger partial charge in [0, 0.05) is 0 Å². The van der Waals surface area contributed by atoms with E-state index in [2.05, 4.69) is 33.8 Å². The topological polar surface area (TPSA) is 87.7 Å². The fourth-order valence-corrected chi connectivity index (χ4v) is 2.62. The Balaban J connectivity index is 2.21. The van der Waals surface area contributed by atoms with Crippen LogP contribution in [0.25, 0.3) is 0 Å². The van der Waals surface area contributed by atoms with E-state index < -0.39 is 10.0 Å². The zero-order valence-electron chi connectivity index (χ0n) is 10.8. The highest BCUT2D eigenvalue weighted by Gasteiger charge is 2.15. The van der Waals surface area contributed by atoms with Gasteiger partial charge in [0.05, 0.1) is 4.90 Å². The molecule has 0 radical (unpaired) electrons. The molecule has 0 amide bonds. The van der Waals surface area contributed by atoms with Crippen molar-refractivity contribution in [3.8, 4) is 0 Å². The number of hydrogen-bond donors (Lipinski definition) is 2. The van der Waals surface area contributed by atoms with E-state index in [0.717, 1.165) is 12.0 Å². The summed E-state index contributed by atoms with van der Waals surface area (Å²) < 4.78 is 26.4. The second-order valence-electron chi connectivity index (χ2n) is 4.32. The number of anilines is 1. The minimum atomic E-state index is -3.62. The zero-order chi connectivity index (χ0) is 13.9. The summed E-state index contributed by atoms with van der Waals surface area (Å²) in [6.45, 7) is 4.21. The van der Waals surface area contributed by atoms with Crippen molar-refractivity contribution in [2.75, 3.05) is 4.72 Å². The highest BCUT2D eigenvalue weighted by atomic mass is 32.2.